The van der Waals surface area contributed by atoms with Crippen molar-refractivity contribution < 1.29 is 38.0 Å². The Labute approximate surface area is 245 Å². The van der Waals surface area contributed by atoms with Crippen molar-refractivity contribution in [3.63, 3.8) is 0 Å². The molecule has 42 heavy (non-hydrogen) atoms. The van der Waals surface area contributed by atoms with Crippen LogP contribution in [0.25, 0.3) is 6.08 Å². The molecule has 8 atom stereocenters. The van der Waals surface area contributed by atoms with E-state index in [4.69, 9.17) is 24.0 Å². The summed E-state index contributed by atoms with van der Waals surface area (Å²) in [5.41, 5.74) is 0.968. The Bertz CT molecular complexity index is 1350. The average molecular weight is 580 g/mol. The summed E-state index contributed by atoms with van der Waals surface area (Å²) in [4.78, 5) is 37.4. The fourth-order valence-corrected chi connectivity index (χ4v) is 7.17. The molecule has 2 aromatic carbocycles. The largest absolute Gasteiger partial charge is 0.367 e. The standard InChI is InChI=1S/C33H38FNO7/c1-20-8-14-26-21(2)30(39-31-33(26)25(20)16-17-32(3,40-31)41-42-33)35-29(37)19-38-18-22-9-11-24(12-10-22)28(36)15-13-23-6-4-5-7-27(23)34/h4-7,9-13,15,20-21,25-26,30-31H,8,14,16-19H2,1-3H3,(H,35,37)/b15-13+/t20-,21-,25+,26+,30+,31-,32-,33-/m1/s1. The second-order valence-corrected chi connectivity index (χ2v) is 12.3. The third kappa shape index (κ3) is 5.44. The minimum Gasteiger partial charge on any atom is -0.367 e. The molecule has 1 saturated carbocycles. The van der Waals surface area contributed by atoms with E-state index in [1.165, 1.54) is 18.2 Å². The van der Waals surface area contributed by atoms with Crippen molar-refractivity contribution in [3.05, 3.63) is 77.1 Å². The number of carbonyl (C=O) groups excluding carboxylic acids is 2. The zero-order valence-electron chi connectivity index (χ0n) is 24.2. The van der Waals surface area contributed by atoms with Crippen molar-refractivity contribution in [2.75, 3.05) is 6.61 Å². The first-order valence-corrected chi connectivity index (χ1v) is 14.8. The molecule has 0 unspecified atom stereocenters. The van der Waals surface area contributed by atoms with Gasteiger partial charge >= 0.3 is 0 Å². The van der Waals surface area contributed by atoms with E-state index < -0.39 is 23.9 Å². The number of benzene rings is 2. The third-order valence-corrected chi connectivity index (χ3v) is 9.52. The molecule has 2 bridgehead atoms. The fraction of sp³-hybridized carbons (Fsp3) is 0.515. The predicted molar refractivity (Wildman–Crippen MR) is 151 cm³/mol. The summed E-state index contributed by atoms with van der Waals surface area (Å²) in [6.45, 7) is 6.30. The molecule has 1 N–H and O–H groups in total. The summed E-state index contributed by atoms with van der Waals surface area (Å²) in [5.74, 6) is -0.925. The second kappa shape index (κ2) is 11.6. The number of hydrogen-bond donors (Lipinski definition) is 1. The zero-order valence-corrected chi connectivity index (χ0v) is 24.2. The normalized spacial score (nSPS) is 35.4. The number of amides is 1. The minimum absolute atomic E-state index is 0.00706. The van der Waals surface area contributed by atoms with Crippen LogP contribution in [0.5, 0.6) is 0 Å². The van der Waals surface area contributed by atoms with Crippen molar-refractivity contribution in [1.82, 2.24) is 5.32 Å². The number of halogens is 1. The lowest BCUT2D eigenvalue weighted by molar-refractivity contribution is -0.571. The number of allylic oxidation sites excluding steroid dienone is 1. The monoisotopic (exact) mass is 579 g/mol. The van der Waals surface area contributed by atoms with E-state index in [0.29, 0.717) is 17.0 Å². The topological polar surface area (TPSA) is 92.3 Å². The maximum absolute atomic E-state index is 13.8. The molecule has 8 nitrogen and oxygen atoms in total. The Morgan fingerprint density at radius 3 is 2.62 bits per heavy atom. The molecule has 1 aliphatic carbocycles. The van der Waals surface area contributed by atoms with E-state index in [2.05, 4.69) is 19.2 Å². The van der Waals surface area contributed by atoms with Crippen LogP contribution in [0.1, 0.15) is 67.9 Å². The van der Waals surface area contributed by atoms with E-state index in [-0.39, 0.29) is 48.5 Å². The smallest absolute Gasteiger partial charge is 0.248 e. The number of ketones is 1. The number of rotatable bonds is 8. The van der Waals surface area contributed by atoms with Gasteiger partial charge in [-0.2, -0.15) is 0 Å². The van der Waals surface area contributed by atoms with Gasteiger partial charge in [0.15, 0.2) is 17.7 Å². The van der Waals surface area contributed by atoms with E-state index in [0.717, 1.165) is 31.2 Å². The van der Waals surface area contributed by atoms with Crippen molar-refractivity contribution in [3.8, 4) is 0 Å². The summed E-state index contributed by atoms with van der Waals surface area (Å²) < 4.78 is 32.2. The van der Waals surface area contributed by atoms with Crippen LogP contribution < -0.4 is 5.32 Å². The van der Waals surface area contributed by atoms with Crippen molar-refractivity contribution in [2.45, 2.75) is 77.0 Å². The van der Waals surface area contributed by atoms with Gasteiger partial charge in [0.25, 0.3) is 0 Å². The van der Waals surface area contributed by atoms with Gasteiger partial charge in [0.05, 0.1) is 6.61 Å². The van der Waals surface area contributed by atoms with Crippen LogP contribution in [0.3, 0.4) is 0 Å². The molecule has 1 spiro atoms. The van der Waals surface area contributed by atoms with E-state index in [1.54, 1.807) is 42.5 Å². The van der Waals surface area contributed by atoms with Crippen LogP contribution in [-0.2, 0) is 35.4 Å². The summed E-state index contributed by atoms with van der Waals surface area (Å²) in [6.07, 6.45) is 5.37. The van der Waals surface area contributed by atoms with Crippen LogP contribution in [0.4, 0.5) is 4.39 Å². The Morgan fingerprint density at radius 1 is 1.05 bits per heavy atom. The summed E-state index contributed by atoms with van der Waals surface area (Å²) in [7, 11) is 0. The van der Waals surface area contributed by atoms with Crippen LogP contribution in [0.2, 0.25) is 0 Å². The van der Waals surface area contributed by atoms with Crippen LogP contribution in [-0.4, -0.2) is 42.2 Å². The van der Waals surface area contributed by atoms with Crippen molar-refractivity contribution >= 4 is 17.8 Å². The summed E-state index contributed by atoms with van der Waals surface area (Å²) in [6, 6.07) is 13.2. The maximum atomic E-state index is 13.8. The second-order valence-electron chi connectivity index (χ2n) is 12.3. The first-order valence-electron chi connectivity index (χ1n) is 14.8. The molecule has 2 aromatic rings. The highest BCUT2D eigenvalue weighted by molar-refractivity contribution is 6.06. The number of carbonyl (C=O) groups is 2. The molecule has 224 valence electrons. The first kappa shape index (κ1) is 29.1. The first-order chi connectivity index (χ1) is 20.2. The van der Waals surface area contributed by atoms with Gasteiger partial charge in [-0.3, -0.25) is 9.59 Å². The van der Waals surface area contributed by atoms with Crippen molar-refractivity contribution in [2.24, 2.45) is 23.7 Å². The van der Waals surface area contributed by atoms with Gasteiger partial charge in [0, 0.05) is 29.4 Å². The van der Waals surface area contributed by atoms with Crippen molar-refractivity contribution in [1.29, 1.82) is 0 Å². The van der Waals surface area contributed by atoms with Crippen LogP contribution in [0.15, 0.2) is 54.6 Å². The zero-order chi connectivity index (χ0) is 29.5. The van der Waals surface area contributed by atoms with E-state index in [9.17, 15) is 14.0 Å². The fourth-order valence-electron chi connectivity index (χ4n) is 7.17. The highest BCUT2D eigenvalue weighted by Crippen LogP contribution is 2.60. The number of hydrogen-bond acceptors (Lipinski definition) is 7. The van der Waals surface area contributed by atoms with Gasteiger partial charge in [0.2, 0.25) is 11.7 Å². The molecule has 5 fully saturated rings. The van der Waals surface area contributed by atoms with Gasteiger partial charge in [-0.25, -0.2) is 14.2 Å². The average Bonchev–Trinajstić information content (AvgIpc) is 3.21. The molecule has 4 heterocycles. The highest BCUT2D eigenvalue weighted by atomic mass is 19.1. The van der Waals surface area contributed by atoms with E-state index >= 15 is 0 Å². The lowest BCUT2D eigenvalue weighted by Crippen LogP contribution is -2.72. The molecular formula is C33H38FNO7. The molecule has 7 rings (SSSR count). The van der Waals surface area contributed by atoms with Gasteiger partial charge in [-0.15, -0.1) is 0 Å². The van der Waals surface area contributed by atoms with Crippen LogP contribution in [0, 0.1) is 29.5 Å². The third-order valence-electron chi connectivity index (χ3n) is 9.52. The molecule has 4 saturated heterocycles. The minimum atomic E-state index is -0.869. The maximum Gasteiger partial charge on any atom is 0.248 e. The molecule has 9 heteroatoms. The lowest BCUT2D eigenvalue weighted by Gasteiger charge is -2.60. The Kier molecular flexibility index (Phi) is 8.06. The summed E-state index contributed by atoms with van der Waals surface area (Å²) in [5, 5.41) is 3.01. The number of fused-ring (bicyclic) bond motifs is 2. The molecule has 0 aromatic heterocycles. The van der Waals surface area contributed by atoms with E-state index in [1.807, 2.05) is 6.92 Å². The van der Waals surface area contributed by atoms with Gasteiger partial charge < -0.3 is 19.5 Å². The summed E-state index contributed by atoms with van der Waals surface area (Å²) >= 11 is 0. The molecular weight excluding hydrogens is 541 g/mol. The predicted octanol–water partition coefficient (Wildman–Crippen LogP) is 5.56. The number of ether oxygens (including phenoxy) is 3. The molecule has 1 amide bonds. The highest BCUT2D eigenvalue weighted by Gasteiger charge is 2.69. The molecule has 0 radical (unpaired) electrons. The molecule has 4 aliphatic heterocycles. The Morgan fingerprint density at radius 2 is 1.83 bits per heavy atom. The lowest BCUT2D eigenvalue weighted by atomic mass is 9.58. The van der Waals surface area contributed by atoms with Gasteiger partial charge in [-0.05, 0) is 61.8 Å². The van der Waals surface area contributed by atoms with Gasteiger partial charge in [0.1, 0.15) is 18.7 Å². The quantitative estimate of drug-likeness (QED) is 0.249. The Balaban J connectivity index is 1.02. The van der Waals surface area contributed by atoms with Crippen LogP contribution >= 0.6 is 0 Å². The molecule has 5 aliphatic rings. The SMILES string of the molecule is C[C@H]1[C@@H](NC(=O)COCc2ccc(C(=O)/C=C/c3ccccc3F)cc2)O[C@@H]2O[C@@]3(C)CC[C@H]4[C@H](C)CC[C@@H]1[C@@]24OO3. The Hall–Kier alpha value is -2.95. The number of nitrogens with one attached hydrogen (secondary N) is 1. The van der Waals surface area contributed by atoms with Gasteiger partial charge in [-0.1, -0.05) is 56.3 Å².